The van der Waals surface area contributed by atoms with E-state index in [1.807, 2.05) is 18.2 Å². The highest BCUT2D eigenvalue weighted by atomic mass is 16.5. The maximum atomic E-state index is 12.9. The summed E-state index contributed by atoms with van der Waals surface area (Å²) in [6.07, 6.45) is 6.36. The number of nitrogens with zero attached hydrogens (tertiary/aromatic N) is 3. The summed E-state index contributed by atoms with van der Waals surface area (Å²) in [6, 6.07) is 5.97. The molecule has 2 aliphatic rings. The second kappa shape index (κ2) is 4.62. The van der Waals surface area contributed by atoms with Crippen molar-refractivity contribution in [3.8, 4) is 11.1 Å². The summed E-state index contributed by atoms with van der Waals surface area (Å²) < 4.78 is 5.23. The van der Waals surface area contributed by atoms with Gasteiger partial charge in [0.2, 0.25) is 0 Å². The third kappa shape index (κ3) is 1.88. The lowest BCUT2D eigenvalue weighted by Gasteiger charge is -2.28. The molecule has 1 aromatic carbocycles. The molecule has 1 atom stereocenters. The maximum absolute atomic E-state index is 12.9. The Labute approximate surface area is 127 Å². The number of benzene rings is 1. The Balaban J connectivity index is 1.79. The third-order valence-electron chi connectivity index (χ3n) is 4.26. The normalized spacial score (nSPS) is 23.1. The number of Topliss-reactive ketones (excluding diaryl/α,β-unsaturated/α-hetero) is 1. The average Bonchev–Trinajstić information content (AvgIpc) is 2.94. The van der Waals surface area contributed by atoms with Crippen LogP contribution in [0.25, 0.3) is 11.1 Å². The van der Waals surface area contributed by atoms with Gasteiger partial charge in [0, 0.05) is 23.5 Å². The highest BCUT2D eigenvalue weighted by molar-refractivity contribution is 6.08. The smallest absolute Gasteiger partial charge is 0.283 e. The van der Waals surface area contributed by atoms with Gasteiger partial charge in [-0.3, -0.25) is 4.79 Å². The fraction of sp³-hybridized carbons (Fsp3) is 0.250. The van der Waals surface area contributed by atoms with E-state index in [2.05, 4.69) is 15.0 Å². The first kappa shape index (κ1) is 12.9. The van der Waals surface area contributed by atoms with E-state index in [-0.39, 0.29) is 18.4 Å². The van der Waals surface area contributed by atoms with Gasteiger partial charge >= 0.3 is 0 Å². The average molecular weight is 294 g/mol. The van der Waals surface area contributed by atoms with Gasteiger partial charge in [0.05, 0.1) is 0 Å². The third-order valence-corrected chi connectivity index (χ3v) is 4.26. The molecular formula is C16H14N4O2. The first-order valence-electron chi connectivity index (χ1n) is 7.09. The van der Waals surface area contributed by atoms with Gasteiger partial charge in [-0.15, -0.1) is 0 Å². The molecule has 1 spiro atoms. The lowest BCUT2D eigenvalue weighted by molar-refractivity contribution is 0.0835. The van der Waals surface area contributed by atoms with Crippen molar-refractivity contribution in [3.63, 3.8) is 0 Å². The van der Waals surface area contributed by atoms with Crippen LogP contribution < -0.4 is 5.73 Å². The lowest BCUT2D eigenvalue weighted by atomic mass is 9.77. The summed E-state index contributed by atoms with van der Waals surface area (Å²) in [6.45, 7) is 0.232. The number of ether oxygens (including phenoxy) is 1. The van der Waals surface area contributed by atoms with Crippen LogP contribution in [0.4, 0.5) is 0 Å². The van der Waals surface area contributed by atoms with Crippen LogP contribution in [0.3, 0.4) is 0 Å². The van der Waals surface area contributed by atoms with E-state index in [1.54, 1.807) is 12.4 Å². The molecule has 0 radical (unpaired) electrons. The Kier molecular flexibility index (Phi) is 2.72. The molecule has 110 valence electrons. The van der Waals surface area contributed by atoms with E-state index < -0.39 is 5.54 Å². The number of aromatic nitrogens is 2. The molecule has 0 fully saturated rings. The number of aliphatic imine (C=N–C) groups is 1. The summed E-state index contributed by atoms with van der Waals surface area (Å²) in [5, 5.41) is 0. The number of amidine groups is 1. The van der Waals surface area contributed by atoms with Gasteiger partial charge in [-0.05, 0) is 30.0 Å². The molecule has 6 heteroatoms. The van der Waals surface area contributed by atoms with Crippen molar-refractivity contribution in [1.29, 1.82) is 0 Å². The van der Waals surface area contributed by atoms with Gasteiger partial charge in [0.15, 0.2) is 11.3 Å². The largest absolute Gasteiger partial charge is 0.462 e. The van der Waals surface area contributed by atoms with E-state index in [4.69, 9.17) is 10.5 Å². The van der Waals surface area contributed by atoms with Crippen molar-refractivity contribution >= 4 is 11.8 Å². The van der Waals surface area contributed by atoms with Gasteiger partial charge in [-0.2, -0.15) is 0 Å². The number of carbonyl (C=O) groups excluding carboxylic acids is 1. The van der Waals surface area contributed by atoms with Crippen molar-refractivity contribution in [2.45, 2.75) is 18.4 Å². The van der Waals surface area contributed by atoms with Crippen LogP contribution in [0.15, 0.2) is 41.9 Å². The number of hydrogen-bond donors (Lipinski definition) is 1. The Morgan fingerprint density at radius 2 is 2.00 bits per heavy atom. The molecule has 6 nitrogen and oxygen atoms in total. The number of hydrogen-bond acceptors (Lipinski definition) is 6. The zero-order chi connectivity index (χ0) is 15.2. The summed E-state index contributed by atoms with van der Waals surface area (Å²) in [7, 11) is 0. The van der Waals surface area contributed by atoms with E-state index in [9.17, 15) is 4.79 Å². The van der Waals surface area contributed by atoms with Crippen LogP contribution in [0.2, 0.25) is 0 Å². The number of nitrogens with two attached hydrogens (primary N) is 1. The van der Waals surface area contributed by atoms with Gasteiger partial charge in [0.25, 0.3) is 6.02 Å². The highest BCUT2D eigenvalue weighted by Crippen LogP contribution is 2.36. The van der Waals surface area contributed by atoms with Crippen LogP contribution >= 0.6 is 0 Å². The molecule has 1 aromatic heterocycles. The monoisotopic (exact) mass is 294 g/mol. The summed E-state index contributed by atoms with van der Waals surface area (Å²) >= 11 is 0. The second-order valence-electron chi connectivity index (χ2n) is 5.60. The van der Waals surface area contributed by atoms with Crippen molar-refractivity contribution < 1.29 is 9.53 Å². The topological polar surface area (TPSA) is 90.5 Å². The molecule has 1 aliphatic heterocycles. The zero-order valence-electron chi connectivity index (χ0n) is 11.8. The lowest BCUT2D eigenvalue weighted by Crippen LogP contribution is -2.42. The van der Waals surface area contributed by atoms with Crippen LogP contribution in [-0.2, 0) is 11.2 Å². The van der Waals surface area contributed by atoms with Crippen LogP contribution in [0, 0.1) is 0 Å². The molecule has 2 N–H and O–H groups in total. The minimum atomic E-state index is -0.844. The summed E-state index contributed by atoms with van der Waals surface area (Å²) in [5.41, 5.74) is 8.28. The molecule has 0 saturated carbocycles. The molecule has 2 heterocycles. The number of carbonyl (C=O) groups is 1. The molecule has 1 unspecified atom stereocenters. The van der Waals surface area contributed by atoms with Crippen molar-refractivity contribution in [1.82, 2.24) is 9.97 Å². The predicted octanol–water partition coefficient (Wildman–Crippen LogP) is 1.36. The standard InChI is InChI=1S/C16H14N4O2/c17-15-20-16(8-22-15)4-3-10-1-2-11(5-13(10)14(16)21)12-6-18-9-19-7-12/h1-2,5-7,9H,3-4,8H2,(H2,17,20). The fourth-order valence-corrected chi connectivity index (χ4v) is 3.05. The minimum absolute atomic E-state index is 0.0205. The molecule has 4 rings (SSSR count). The quantitative estimate of drug-likeness (QED) is 0.857. The van der Waals surface area contributed by atoms with E-state index >= 15 is 0 Å². The van der Waals surface area contributed by atoms with Crippen molar-refractivity contribution in [2.24, 2.45) is 10.7 Å². The van der Waals surface area contributed by atoms with Crippen molar-refractivity contribution in [3.05, 3.63) is 48.0 Å². The Hall–Kier alpha value is -2.76. The molecule has 2 aromatic rings. The van der Waals surface area contributed by atoms with E-state index in [0.29, 0.717) is 12.0 Å². The second-order valence-corrected chi connectivity index (χ2v) is 5.60. The van der Waals surface area contributed by atoms with Crippen molar-refractivity contribution in [2.75, 3.05) is 6.61 Å². The SMILES string of the molecule is NC1=NC2(CCc3ccc(-c4cncnc4)cc3C2=O)CO1. The van der Waals surface area contributed by atoms with Gasteiger partial charge < -0.3 is 10.5 Å². The van der Waals surface area contributed by atoms with E-state index in [0.717, 1.165) is 23.1 Å². The maximum Gasteiger partial charge on any atom is 0.283 e. The first-order valence-corrected chi connectivity index (χ1v) is 7.09. The Morgan fingerprint density at radius 3 is 2.73 bits per heavy atom. The highest BCUT2D eigenvalue weighted by Gasteiger charge is 2.46. The number of aryl methyl sites for hydroxylation is 1. The van der Waals surface area contributed by atoms with E-state index in [1.165, 1.54) is 6.33 Å². The number of rotatable bonds is 1. The predicted molar refractivity (Wildman–Crippen MR) is 80.4 cm³/mol. The molecule has 22 heavy (non-hydrogen) atoms. The molecule has 0 amide bonds. The van der Waals surface area contributed by atoms with Gasteiger partial charge in [0.1, 0.15) is 12.9 Å². The Bertz CT molecular complexity index is 788. The number of fused-ring (bicyclic) bond motifs is 1. The van der Waals surface area contributed by atoms with Gasteiger partial charge in [-0.25, -0.2) is 15.0 Å². The zero-order valence-corrected chi connectivity index (χ0v) is 11.8. The Morgan fingerprint density at radius 1 is 1.18 bits per heavy atom. The molecule has 0 saturated heterocycles. The summed E-state index contributed by atoms with van der Waals surface area (Å²) in [5.74, 6) is -0.0205. The minimum Gasteiger partial charge on any atom is -0.462 e. The van der Waals surface area contributed by atoms with Crippen LogP contribution in [0.5, 0.6) is 0 Å². The van der Waals surface area contributed by atoms with Gasteiger partial charge in [-0.1, -0.05) is 12.1 Å². The van der Waals surface area contributed by atoms with Crippen LogP contribution in [0.1, 0.15) is 22.3 Å². The molecule has 0 bridgehead atoms. The fourth-order valence-electron chi connectivity index (χ4n) is 3.05. The first-order chi connectivity index (χ1) is 10.7. The number of ketones is 1. The molecular weight excluding hydrogens is 280 g/mol. The molecule has 1 aliphatic carbocycles. The summed E-state index contributed by atoms with van der Waals surface area (Å²) in [4.78, 5) is 25.2. The van der Waals surface area contributed by atoms with Crippen LogP contribution in [-0.4, -0.2) is 33.9 Å².